The summed E-state index contributed by atoms with van der Waals surface area (Å²) in [7, 11) is 0. The maximum absolute atomic E-state index is 13.9. The standard InChI is InChI=1S/C20H8F2N2O2S2/c21-11-6-7-12(22)15-14(11)16(25)10(17(15)26)8-13-23-19-20(27-13)24-18(28-19)9-4-2-1-3-5-9/h1-8H. The number of allylic oxidation sites excluding steroid dienone is 1. The van der Waals surface area contributed by atoms with Gasteiger partial charge < -0.3 is 0 Å². The molecule has 1 aliphatic carbocycles. The van der Waals surface area contributed by atoms with Gasteiger partial charge in [-0.25, -0.2) is 18.7 Å². The number of benzene rings is 2. The van der Waals surface area contributed by atoms with E-state index in [1.807, 2.05) is 30.3 Å². The van der Waals surface area contributed by atoms with Gasteiger partial charge in [0, 0.05) is 5.56 Å². The highest BCUT2D eigenvalue weighted by Gasteiger charge is 2.38. The van der Waals surface area contributed by atoms with E-state index in [1.54, 1.807) is 0 Å². The van der Waals surface area contributed by atoms with Crippen LogP contribution in [0.15, 0.2) is 48.0 Å². The van der Waals surface area contributed by atoms with Crippen LogP contribution in [-0.2, 0) is 0 Å². The number of carbonyl (C=O) groups excluding carboxylic acids is 2. The van der Waals surface area contributed by atoms with Crippen LogP contribution in [0.25, 0.3) is 26.3 Å². The highest BCUT2D eigenvalue weighted by Crippen LogP contribution is 2.36. The number of halogens is 2. The predicted molar refractivity (Wildman–Crippen MR) is 104 cm³/mol. The third-order valence-corrected chi connectivity index (χ3v) is 6.35. The lowest BCUT2D eigenvalue weighted by Gasteiger charge is -1.97. The van der Waals surface area contributed by atoms with Crippen molar-refractivity contribution in [1.82, 2.24) is 9.97 Å². The molecule has 136 valence electrons. The average molecular weight is 410 g/mol. The van der Waals surface area contributed by atoms with Crippen LogP contribution >= 0.6 is 22.7 Å². The SMILES string of the molecule is O=C1C(=Cc2nc3sc(-c4ccccc4)nc3s2)C(=O)c2c(F)ccc(F)c21. The molecule has 0 N–H and O–H groups in total. The second-order valence-electron chi connectivity index (χ2n) is 6.04. The van der Waals surface area contributed by atoms with Gasteiger partial charge in [0.2, 0.25) is 11.6 Å². The topological polar surface area (TPSA) is 59.9 Å². The Balaban J connectivity index is 1.55. The quantitative estimate of drug-likeness (QED) is 0.338. The minimum absolute atomic E-state index is 0.288. The second kappa shape index (κ2) is 6.22. The van der Waals surface area contributed by atoms with E-state index in [0.717, 1.165) is 22.7 Å². The van der Waals surface area contributed by atoms with Crippen LogP contribution in [-0.4, -0.2) is 21.5 Å². The summed E-state index contributed by atoms with van der Waals surface area (Å²) in [5.41, 5.74) is -0.345. The van der Waals surface area contributed by atoms with Crippen molar-refractivity contribution in [3.05, 3.63) is 75.8 Å². The molecule has 1 aliphatic rings. The highest BCUT2D eigenvalue weighted by molar-refractivity contribution is 7.28. The van der Waals surface area contributed by atoms with Crippen molar-refractivity contribution in [3.63, 3.8) is 0 Å². The Morgan fingerprint density at radius 2 is 1.39 bits per heavy atom. The van der Waals surface area contributed by atoms with Gasteiger partial charge >= 0.3 is 0 Å². The Kier molecular flexibility index (Phi) is 3.78. The number of fused-ring (bicyclic) bond motifs is 2. The molecule has 2 aromatic heterocycles. The van der Waals surface area contributed by atoms with Gasteiger partial charge in [-0.3, -0.25) is 9.59 Å². The number of aromatic nitrogens is 2. The van der Waals surface area contributed by atoms with E-state index < -0.39 is 34.3 Å². The molecule has 0 atom stereocenters. The van der Waals surface area contributed by atoms with Gasteiger partial charge in [-0.2, -0.15) is 0 Å². The van der Waals surface area contributed by atoms with Crippen molar-refractivity contribution < 1.29 is 18.4 Å². The lowest BCUT2D eigenvalue weighted by molar-refractivity contribution is 0.0989. The number of hydrogen-bond acceptors (Lipinski definition) is 6. The lowest BCUT2D eigenvalue weighted by Crippen LogP contribution is -2.01. The molecule has 0 bridgehead atoms. The van der Waals surface area contributed by atoms with Crippen molar-refractivity contribution in [2.75, 3.05) is 0 Å². The number of Topliss-reactive ketones (excluding diaryl/α,β-unsaturated/α-hetero) is 2. The summed E-state index contributed by atoms with van der Waals surface area (Å²) in [6.45, 7) is 0. The first-order chi connectivity index (χ1) is 13.5. The average Bonchev–Trinajstić information content (AvgIpc) is 3.32. The first-order valence-electron chi connectivity index (χ1n) is 8.15. The van der Waals surface area contributed by atoms with Crippen LogP contribution in [0.5, 0.6) is 0 Å². The first-order valence-corrected chi connectivity index (χ1v) is 9.78. The maximum Gasteiger partial charge on any atom is 0.200 e. The Morgan fingerprint density at radius 3 is 2.00 bits per heavy atom. The normalized spacial score (nSPS) is 13.4. The summed E-state index contributed by atoms with van der Waals surface area (Å²) < 4.78 is 27.9. The van der Waals surface area contributed by atoms with E-state index in [2.05, 4.69) is 9.97 Å². The summed E-state index contributed by atoms with van der Waals surface area (Å²) in [5, 5.41) is 1.21. The maximum atomic E-state index is 13.9. The largest absolute Gasteiger partial charge is 0.288 e. The van der Waals surface area contributed by atoms with Crippen molar-refractivity contribution in [2.24, 2.45) is 0 Å². The van der Waals surface area contributed by atoms with Gasteiger partial charge in [-0.05, 0) is 18.2 Å². The molecule has 2 aromatic carbocycles. The minimum atomic E-state index is -0.910. The van der Waals surface area contributed by atoms with E-state index in [-0.39, 0.29) is 5.57 Å². The van der Waals surface area contributed by atoms with Crippen molar-refractivity contribution >= 4 is 50.0 Å². The number of ketones is 2. The predicted octanol–water partition coefficient (Wildman–Crippen LogP) is 5.16. The van der Waals surface area contributed by atoms with Crippen LogP contribution < -0.4 is 0 Å². The summed E-state index contributed by atoms with van der Waals surface area (Å²) in [5.74, 6) is -3.47. The zero-order valence-electron chi connectivity index (χ0n) is 13.9. The molecular weight excluding hydrogens is 402 g/mol. The van der Waals surface area contributed by atoms with Crippen LogP contribution in [0.1, 0.15) is 25.7 Å². The Labute approximate surface area is 164 Å². The molecule has 0 spiro atoms. The van der Waals surface area contributed by atoms with Gasteiger partial charge in [-0.15, -0.1) is 0 Å². The molecule has 0 amide bonds. The highest BCUT2D eigenvalue weighted by atomic mass is 32.1. The summed E-state index contributed by atoms with van der Waals surface area (Å²) in [6, 6.07) is 11.3. The number of carbonyl (C=O) groups is 2. The smallest absolute Gasteiger partial charge is 0.200 e. The zero-order chi connectivity index (χ0) is 19.4. The van der Waals surface area contributed by atoms with Crippen LogP contribution in [0, 0.1) is 11.6 Å². The fourth-order valence-electron chi connectivity index (χ4n) is 3.05. The first kappa shape index (κ1) is 17.0. The van der Waals surface area contributed by atoms with E-state index >= 15 is 0 Å². The van der Waals surface area contributed by atoms with Gasteiger partial charge in [0.25, 0.3) is 0 Å². The fourth-order valence-corrected chi connectivity index (χ4v) is 5.04. The molecule has 8 heteroatoms. The van der Waals surface area contributed by atoms with Crippen LogP contribution in [0.4, 0.5) is 8.78 Å². The van der Waals surface area contributed by atoms with Gasteiger partial charge in [-0.1, -0.05) is 53.0 Å². The van der Waals surface area contributed by atoms with Gasteiger partial charge in [0.1, 0.15) is 21.6 Å². The molecule has 2 heterocycles. The van der Waals surface area contributed by atoms with Crippen molar-refractivity contribution in [1.29, 1.82) is 0 Å². The second-order valence-corrected chi connectivity index (χ2v) is 8.03. The molecule has 4 aromatic rings. The molecule has 0 aliphatic heterocycles. The minimum Gasteiger partial charge on any atom is -0.288 e. The van der Waals surface area contributed by atoms with Crippen LogP contribution in [0.3, 0.4) is 0 Å². The monoisotopic (exact) mass is 410 g/mol. The Morgan fingerprint density at radius 1 is 0.786 bits per heavy atom. The van der Waals surface area contributed by atoms with Gasteiger partial charge in [0.15, 0.2) is 9.66 Å². The molecule has 0 saturated carbocycles. The number of thiazole rings is 2. The number of rotatable bonds is 2. The van der Waals surface area contributed by atoms with Crippen molar-refractivity contribution in [3.8, 4) is 10.6 Å². The summed E-state index contributed by atoms with van der Waals surface area (Å²) >= 11 is 2.60. The molecule has 0 saturated heterocycles. The molecule has 28 heavy (non-hydrogen) atoms. The van der Waals surface area contributed by atoms with Crippen molar-refractivity contribution in [2.45, 2.75) is 0 Å². The third-order valence-electron chi connectivity index (χ3n) is 4.33. The summed E-state index contributed by atoms with van der Waals surface area (Å²) in [6.07, 6.45) is 1.28. The Hall–Kier alpha value is -3.10. The molecule has 5 rings (SSSR count). The van der Waals surface area contributed by atoms with E-state index in [4.69, 9.17) is 0 Å². The zero-order valence-corrected chi connectivity index (χ0v) is 15.5. The Bertz CT molecular complexity index is 1250. The van der Waals surface area contributed by atoms with E-state index in [0.29, 0.717) is 14.7 Å². The summed E-state index contributed by atoms with van der Waals surface area (Å²) in [4.78, 5) is 35.2. The lowest BCUT2D eigenvalue weighted by atomic mass is 10.1. The molecule has 0 radical (unpaired) electrons. The van der Waals surface area contributed by atoms with Gasteiger partial charge in [0.05, 0.1) is 16.7 Å². The molecule has 4 nitrogen and oxygen atoms in total. The van der Waals surface area contributed by atoms with E-state index in [1.165, 1.54) is 28.7 Å². The molecule has 0 unspecified atom stereocenters. The molecule has 0 fully saturated rings. The molecular formula is C20H8F2N2O2S2. The van der Waals surface area contributed by atoms with E-state index in [9.17, 15) is 18.4 Å². The van der Waals surface area contributed by atoms with Crippen LogP contribution in [0.2, 0.25) is 0 Å². The number of hydrogen-bond donors (Lipinski definition) is 0. The fraction of sp³-hybridized carbons (Fsp3) is 0. The number of nitrogens with zero attached hydrogens (tertiary/aromatic N) is 2. The third kappa shape index (κ3) is 2.53.